The van der Waals surface area contributed by atoms with Gasteiger partial charge in [-0.15, -0.1) is 6.58 Å². The molecule has 2 aliphatic rings. The van der Waals surface area contributed by atoms with Gasteiger partial charge in [-0.3, -0.25) is 9.58 Å². The third kappa shape index (κ3) is 2.25. The van der Waals surface area contributed by atoms with Gasteiger partial charge in [-0.2, -0.15) is 10.2 Å². The van der Waals surface area contributed by atoms with Crippen LogP contribution in [-0.2, 0) is 19.5 Å². The number of aryl methyl sites for hydroxylation is 1. The molecule has 2 bridgehead atoms. The summed E-state index contributed by atoms with van der Waals surface area (Å²) in [5.74, 6) is 0. The maximum absolute atomic E-state index is 4.68. The Bertz CT molecular complexity index is 997. The topological polar surface area (TPSA) is 51.2 Å². The minimum absolute atomic E-state index is 0.437. The van der Waals surface area contributed by atoms with Gasteiger partial charge in [0.15, 0.2) is 5.65 Å². The minimum atomic E-state index is 0.437. The van der Waals surface area contributed by atoms with Crippen LogP contribution in [-0.4, -0.2) is 35.3 Å². The zero-order valence-electron chi connectivity index (χ0n) is 15.4. The highest BCUT2D eigenvalue weighted by atomic mass is 15.3. The summed E-state index contributed by atoms with van der Waals surface area (Å²) < 4.78 is 4.10. The second-order valence-corrected chi connectivity index (χ2v) is 7.57. The molecule has 2 aliphatic heterocycles. The Balaban J connectivity index is 1.50. The third-order valence-electron chi connectivity index (χ3n) is 6.03. The molecule has 26 heavy (non-hydrogen) atoms. The summed E-state index contributed by atoms with van der Waals surface area (Å²) in [6.07, 6.45) is 9.48. The Morgan fingerprint density at radius 2 is 2.15 bits per heavy atom. The van der Waals surface area contributed by atoms with Crippen molar-refractivity contribution in [3.8, 4) is 0 Å². The number of nitrogens with zero attached hydrogens (tertiary/aromatic N) is 6. The molecule has 2 atom stereocenters. The van der Waals surface area contributed by atoms with Crippen LogP contribution in [0.2, 0.25) is 0 Å². The van der Waals surface area contributed by atoms with Crippen molar-refractivity contribution in [3.63, 3.8) is 0 Å². The maximum Gasteiger partial charge on any atom is 0.155 e. The SMILES string of the molecule is C=CCn1ncc(CN2[C@@H]3CC[C@H]2c2cnc4cc(C)nn4c2C3)c1C. The van der Waals surface area contributed by atoms with Gasteiger partial charge in [-0.05, 0) is 26.7 Å². The zero-order chi connectivity index (χ0) is 17.8. The lowest BCUT2D eigenvalue weighted by atomic mass is 9.98. The van der Waals surface area contributed by atoms with Gasteiger partial charge in [0, 0.05) is 54.1 Å². The Morgan fingerprint density at radius 3 is 3.00 bits per heavy atom. The van der Waals surface area contributed by atoms with Gasteiger partial charge in [0.25, 0.3) is 0 Å². The van der Waals surface area contributed by atoms with Gasteiger partial charge in [0.05, 0.1) is 24.1 Å². The van der Waals surface area contributed by atoms with Crippen LogP contribution in [0.1, 0.15) is 47.1 Å². The monoisotopic (exact) mass is 348 g/mol. The standard InChI is InChI=1S/C20H24N6/c1-4-7-25-14(3)15(10-22-25)12-24-16-5-6-18(24)17-11-21-20-8-13(2)23-26(20)19(17)9-16/h4,8,10-11,16,18H,1,5-7,9,12H2,2-3H3/t16-,18+/m1/s1. The van der Waals surface area contributed by atoms with E-state index < -0.39 is 0 Å². The third-order valence-corrected chi connectivity index (χ3v) is 6.03. The van der Waals surface area contributed by atoms with Gasteiger partial charge < -0.3 is 0 Å². The Labute approximate surface area is 153 Å². The molecular weight excluding hydrogens is 324 g/mol. The van der Waals surface area contributed by atoms with Gasteiger partial charge in [-0.25, -0.2) is 9.50 Å². The molecule has 6 nitrogen and oxygen atoms in total. The van der Waals surface area contributed by atoms with Crippen LogP contribution in [0.3, 0.4) is 0 Å². The molecule has 5 rings (SSSR count). The Hall–Kier alpha value is -2.47. The largest absolute Gasteiger partial charge is 0.288 e. The first kappa shape index (κ1) is 15.8. The molecule has 1 fully saturated rings. The van der Waals surface area contributed by atoms with Crippen LogP contribution in [0.15, 0.2) is 31.1 Å². The molecule has 3 aromatic rings. The number of fused-ring (bicyclic) bond motifs is 6. The van der Waals surface area contributed by atoms with Gasteiger partial charge in [0.1, 0.15) is 0 Å². The molecule has 6 heteroatoms. The van der Waals surface area contributed by atoms with Crippen molar-refractivity contribution in [3.05, 3.63) is 59.3 Å². The van der Waals surface area contributed by atoms with Gasteiger partial charge in [0.2, 0.25) is 0 Å². The number of aromatic nitrogens is 5. The number of hydrogen-bond donors (Lipinski definition) is 0. The van der Waals surface area contributed by atoms with Crippen molar-refractivity contribution < 1.29 is 0 Å². The highest BCUT2D eigenvalue weighted by molar-refractivity contribution is 5.44. The first-order valence-corrected chi connectivity index (χ1v) is 9.38. The second kappa shape index (κ2) is 5.77. The smallest absolute Gasteiger partial charge is 0.155 e. The lowest BCUT2D eigenvalue weighted by Crippen LogP contribution is -2.38. The summed E-state index contributed by atoms with van der Waals surface area (Å²) in [5, 5.41) is 9.20. The van der Waals surface area contributed by atoms with Gasteiger partial charge >= 0.3 is 0 Å². The van der Waals surface area contributed by atoms with Crippen molar-refractivity contribution in [2.24, 2.45) is 0 Å². The fourth-order valence-electron chi connectivity index (χ4n) is 4.69. The van der Waals surface area contributed by atoms with E-state index in [0.29, 0.717) is 12.1 Å². The van der Waals surface area contributed by atoms with E-state index in [1.807, 2.05) is 23.9 Å². The van der Waals surface area contributed by atoms with Crippen LogP contribution < -0.4 is 0 Å². The van der Waals surface area contributed by atoms with Gasteiger partial charge in [-0.1, -0.05) is 6.08 Å². The van der Waals surface area contributed by atoms with Crippen LogP contribution in [0.5, 0.6) is 0 Å². The number of rotatable bonds is 4. The predicted octanol–water partition coefficient (Wildman–Crippen LogP) is 2.99. The van der Waals surface area contributed by atoms with Crippen LogP contribution >= 0.6 is 0 Å². The first-order chi connectivity index (χ1) is 12.7. The van der Waals surface area contributed by atoms with E-state index in [2.05, 4.69) is 50.4 Å². The average Bonchev–Trinajstić information content (AvgIpc) is 3.25. The fraction of sp³-hybridized carbons (Fsp3) is 0.450. The van der Waals surface area contributed by atoms with Crippen LogP contribution in [0, 0.1) is 13.8 Å². The highest BCUT2D eigenvalue weighted by Gasteiger charge is 2.41. The molecular formula is C20H24N6. The van der Waals surface area contributed by atoms with E-state index in [4.69, 9.17) is 0 Å². The Morgan fingerprint density at radius 1 is 1.27 bits per heavy atom. The molecule has 0 aromatic carbocycles. The molecule has 0 spiro atoms. The summed E-state index contributed by atoms with van der Waals surface area (Å²) in [5.41, 5.74) is 7.26. The first-order valence-electron chi connectivity index (χ1n) is 9.38. The second-order valence-electron chi connectivity index (χ2n) is 7.57. The zero-order valence-corrected chi connectivity index (χ0v) is 15.4. The van der Waals surface area contributed by atoms with Crippen LogP contribution in [0.4, 0.5) is 0 Å². The summed E-state index contributed by atoms with van der Waals surface area (Å²) in [6, 6.07) is 3.07. The highest BCUT2D eigenvalue weighted by Crippen LogP contribution is 2.44. The summed E-state index contributed by atoms with van der Waals surface area (Å²) in [7, 11) is 0. The molecule has 3 aromatic heterocycles. The fourth-order valence-corrected chi connectivity index (χ4v) is 4.69. The maximum atomic E-state index is 4.68. The minimum Gasteiger partial charge on any atom is -0.288 e. The van der Waals surface area contributed by atoms with E-state index in [1.54, 1.807) is 0 Å². The normalized spacial score (nSPS) is 22.1. The number of hydrogen-bond acceptors (Lipinski definition) is 4. The molecule has 5 heterocycles. The summed E-state index contributed by atoms with van der Waals surface area (Å²) in [6.45, 7) is 9.73. The van der Waals surface area contributed by atoms with E-state index in [0.717, 1.165) is 30.9 Å². The molecule has 0 N–H and O–H groups in total. The van der Waals surface area contributed by atoms with E-state index in [9.17, 15) is 0 Å². The van der Waals surface area contributed by atoms with E-state index >= 15 is 0 Å². The molecule has 1 saturated heterocycles. The lowest BCUT2D eigenvalue weighted by molar-refractivity contribution is 0.164. The van der Waals surface area contributed by atoms with E-state index in [-0.39, 0.29) is 0 Å². The van der Waals surface area contributed by atoms with Crippen molar-refractivity contribution in [2.45, 2.75) is 58.3 Å². The molecule has 134 valence electrons. The number of allylic oxidation sites excluding steroid dienone is 1. The van der Waals surface area contributed by atoms with Crippen molar-refractivity contribution in [1.82, 2.24) is 29.3 Å². The quantitative estimate of drug-likeness (QED) is 0.680. The average molecular weight is 348 g/mol. The van der Waals surface area contributed by atoms with Crippen molar-refractivity contribution in [1.29, 1.82) is 0 Å². The summed E-state index contributed by atoms with van der Waals surface area (Å²) in [4.78, 5) is 7.31. The summed E-state index contributed by atoms with van der Waals surface area (Å²) >= 11 is 0. The molecule has 0 saturated carbocycles. The lowest BCUT2D eigenvalue weighted by Gasteiger charge is -2.36. The predicted molar refractivity (Wildman–Crippen MR) is 99.9 cm³/mol. The molecule has 0 amide bonds. The van der Waals surface area contributed by atoms with Crippen LogP contribution in [0.25, 0.3) is 5.65 Å². The molecule has 0 aliphatic carbocycles. The Kier molecular flexibility index (Phi) is 3.50. The van der Waals surface area contributed by atoms with Crippen molar-refractivity contribution in [2.75, 3.05) is 0 Å². The molecule has 0 radical (unpaired) electrons. The molecule has 0 unspecified atom stereocenters. The van der Waals surface area contributed by atoms with Crippen molar-refractivity contribution >= 4 is 5.65 Å². The van der Waals surface area contributed by atoms with E-state index in [1.165, 1.54) is 35.4 Å².